The Balaban J connectivity index is 2.01. The molecular formula is C19H29NO3. The maximum atomic E-state index is 12.1. The van der Waals surface area contributed by atoms with Crippen LogP contribution in [0, 0.1) is 0 Å². The second-order valence-electron chi connectivity index (χ2n) is 7.45. The molecule has 0 aliphatic carbocycles. The van der Waals surface area contributed by atoms with E-state index in [9.17, 15) is 9.90 Å². The Kier molecular flexibility index (Phi) is 5.69. The number of carbonyl (C=O) groups is 1. The van der Waals surface area contributed by atoms with E-state index in [1.165, 1.54) is 11.1 Å². The minimum absolute atomic E-state index is 0.148. The monoisotopic (exact) mass is 319 g/mol. The fourth-order valence-electron chi connectivity index (χ4n) is 3.13. The van der Waals surface area contributed by atoms with Gasteiger partial charge in [0.2, 0.25) is 0 Å². The van der Waals surface area contributed by atoms with Gasteiger partial charge in [-0.25, -0.2) is 4.79 Å². The van der Waals surface area contributed by atoms with Crippen molar-refractivity contribution in [3.8, 4) is 0 Å². The lowest BCUT2D eigenvalue weighted by molar-refractivity contribution is 0.0204. The van der Waals surface area contributed by atoms with Gasteiger partial charge in [-0.2, -0.15) is 0 Å². The van der Waals surface area contributed by atoms with Crippen molar-refractivity contribution < 1.29 is 14.6 Å². The van der Waals surface area contributed by atoms with Gasteiger partial charge in [0.1, 0.15) is 5.60 Å². The fraction of sp³-hybridized carbons (Fsp3) is 0.632. The average molecular weight is 319 g/mol. The van der Waals surface area contributed by atoms with Crippen LogP contribution in [0.3, 0.4) is 0 Å². The van der Waals surface area contributed by atoms with Crippen LogP contribution in [0.5, 0.6) is 0 Å². The molecule has 1 unspecified atom stereocenters. The molecule has 1 N–H and O–H groups in total. The van der Waals surface area contributed by atoms with Crippen molar-refractivity contribution in [2.45, 2.75) is 58.0 Å². The second kappa shape index (κ2) is 7.35. The summed E-state index contributed by atoms with van der Waals surface area (Å²) in [6.45, 7) is 9.34. The van der Waals surface area contributed by atoms with E-state index in [1.807, 2.05) is 26.8 Å². The lowest BCUT2D eigenvalue weighted by Crippen LogP contribution is -2.41. The molecule has 0 radical (unpaired) electrons. The van der Waals surface area contributed by atoms with Gasteiger partial charge in [0.05, 0.1) is 0 Å². The van der Waals surface area contributed by atoms with Gasteiger partial charge in [-0.1, -0.05) is 31.2 Å². The van der Waals surface area contributed by atoms with E-state index in [0.29, 0.717) is 5.92 Å². The quantitative estimate of drug-likeness (QED) is 0.919. The number of rotatable bonds is 3. The fourth-order valence-corrected chi connectivity index (χ4v) is 3.13. The van der Waals surface area contributed by atoms with E-state index >= 15 is 0 Å². The summed E-state index contributed by atoms with van der Waals surface area (Å²) in [5.41, 5.74) is 2.10. The Morgan fingerprint density at radius 3 is 2.48 bits per heavy atom. The highest BCUT2D eigenvalue weighted by Gasteiger charge is 2.28. The van der Waals surface area contributed by atoms with Gasteiger partial charge >= 0.3 is 6.09 Å². The summed E-state index contributed by atoms with van der Waals surface area (Å²) in [7, 11) is 0. The molecule has 23 heavy (non-hydrogen) atoms. The summed E-state index contributed by atoms with van der Waals surface area (Å²) in [5, 5.41) is 9.46. The molecular weight excluding hydrogens is 290 g/mol. The molecule has 1 aromatic carbocycles. The highest BCUT2D eigenvalue weighted by Crippen LogP contribution is 2.33. The Morgan fingerprint density at radius 2 is 1.91 bits per heavy atom. The van der Waals surface area contributed by atoms with Gasteiger partial charge < -0.3 is 14.7 Å². The maximum absolute atomic E-state index is 12.1. The first kappa shape index (κ1) is 17.8. The van der Waals surface area contributed by atoms with Crippen LogP contribution in [0.4, 0.5) is 4.79 Å². The normalized spacial score (nSPS) is 17.9. The molecule has 4 heteroatoms. The summed E-state index contributed by atoms with van der Waals surface area (Å²) >= 11 is 0. The highest BCUT2D eigenvalue weighted by atomic mass is 16.6. The molecule has 1 atom stereocenters. The molecule has 4 nitrogen and oxygen atoms in total. The summed E-state index contributed by atoms with van der Waals surface area (Å²) in [5.74, 6) is 0.592. The minimum Gasteiger partial charge on any atom is -0.444 e. The predicted molar refractivity (Wildman–Crippen MR) is 91.7 cm³/mol. The zero-order valence-electron chi connectivity index (χ0n) is 14.7. The van der Waals surface area contributed by atoms with Crippen LogP contribution >= 0.6 is 0 Å². The van der Waals surface area contributed by atoms with Gasteiger partial charge in [-0.3, -0.25) is 0 Å². The topological polar surface area (TPSA) is 49.8 Å². The lowest BCUT2D eigenvalue weighted by atomic mass is 9.83. The van der Waals surface area contributed by atoms with E-state index < -0.39 is 5.60 Å². The predicted octanol–water partition coefficient (Wildman–Crippen LogP) is 3.90. The van der Waals surface area contributed by atoms with Crippen molar-refractivity contribution in [1.29, 1.82) is 0 Å². The zero-order chi connectivity index (χ0) is 17.0. The molecule has 1 amide bonds. The third kappa shape index (κ3) is 4.71. The van der Waals surface area contributed by atoms with Gasteiger partial charge in [0.25, 0.3) is 0 Å². The van der Waals surface area contributed by atoms with Crippen LogP contribution < -0.4 is 0 Å². The molecule has 1 saturated heterocycles. The van der Waals surface area contributed by atoms with Crippen LogP contribution in [0.2, 0.25) is 0 Å². The third-order valence-electron chi connectivity index (χ3n) is 4.39. The first-order chi connectivity index (χ1) is 10.8. The molecule has 1 aromatic rings. The summed E-state index contributed by atoms with van der Waals surface area (Å²) in [6.07, 6.45) is 1.66. The number of likely N-dealkylation sites (tertiary alicyclic amines) is 1. The van der Waals surface area contributed by atoms with Crippen molar-refractivity contribution in [2.75, 3.05) is 19.7 Å². The maximum Gasteiger partial charge on any atom is 0.410 e. The number of aliphatic hydroxyl groups is 1. The molecule has 1 aliphatic heterocycles. The number of aliphatic hydroxyl groups excluding tert-OH is 1. The van der Waals surface area contributed by atoms with E-state index in [0.717, 1.165) is 25.9 Å². The SMILES string of the molecule is CC(CO)c1ccccc1C1CCN(C(=O)OC(C)(C)C)CC1. The number of ether oxygens (including phenoxy) is 1. The molecule has 128 valence electrons. The molecule has 0 saturated carbocycles. The molecule has 1 heterocycles. The standard InChI is InChI=1S/C19H29NO3/c1-14(13-21)16-7-5-6-8-17(16)15-9-11-20(12-10-15)18(22)23-19(2,3)4/h5-8,14-15,21H,9-13H2,1-4H3. The Bertz CT molecular complexity index is 528. The van der Waals surface area contributed by atoms with Crippen molar-refractivity contribution in [3.05, 3.63) is 35.4 Å². The zero-order valence-corrected chi connectivity index (χ0v) is 14.7. The van der Waals surface area contributed by atoms with Crippen molar-refractivity contribution in [3.63, 3.8) is 0 Å². The van der Waals surface area contributed by atoms with Crippen LogP contribution in [0.25, 0.3) is 0 Å². The number of amides is 1. The van der Waals surface area contributed by atoms with Crippen molar-refractivity contribution in [1.82, 2.24) is 4.90 Å². The first-order valence-corrected chi connectivity index (χ1v) is 8.49. The number of piperidine rings is 1. The number of hydrogen-bond acceptors (Lipinski definition) is 3. The number of hydrogen-bond donors (Lipinski definition) is 1. The Hall–Kier alpha value is -1.55. The van der Waals surface area contributed by atoms with Crippen LogP contribution in [0.1, 0.15) is 63.5 Å². The molecule has 0 aromatic heterocycles. The average Bonchev–Trinajstić information content (AvgIpc) is 2.52. The molecule has 1 fully saturated rings. The van der Waals surface area contributed by atoms with Crippen molar-refractivity contribution >= 4 is 6.09 Å². The summed E-state index contributed by atoms with van der Waals surface area (Å²) in [6, 6.07) is 8.36. The lowest BCUT2D eigenvalue weighted by Gasteiger charge is -2.34. The smallest absolute Gasteiger partial charge is 0.410 e. The summed E-state index contributed by atoms with van der Waals surface area (Å²) < 4.78 is 5.45. The van der Waals surface area contributed by atoms with E-state index in [4.69, 9.17) is 4.74 Å². The molecule has 0 spiro atoms. The van der Waals surface area contributed by atoms with Gasteiger partial charge in [0, 0.05) is 25.6 Å². The van der Waals surface area contributed by atoms with Crippen LogP contribution in [-0.4, -0.2) is 41.4 Å². The van der Waals surface area contributed by atoms with Crippen LogP contribution in [-0.2, 0) is 4.74 Å². The minimum atomic E-state index is -0.447. The number of nitrogens with zero attached hydrogens (tertiary/aromatic N) is 1. The van der Waals surface area contributed by atoms with Gasteiger partial charge in [-0.05, 0) is 50.7 Å². The van der Waals surface area contributed by atoms with E-state index in [-0.39, 0.29) is 18.6 Å². The molecule has 2 rings (SSSR count). The Labute approximate surface area is 139 Å². The van der Waals surface area contributed by atoms with Crippen molar-refractivity contribution in [2.24, 2.45) is 0 Å². The Morgan fingerprint density at radius 1 is 1.30 bits per heavy atom. The van der Waals surface area contributed by atoms with Gasteiger partial charge in [-0.15, -0.1) is 0 Å². The van der Waals surface area contributed by atoms with E-state index in [1.54, 1.807) is 4.90 Å². The largest absolute Gasteiger partial charge is 0.444 e. The molecule has 1 aliphatic rings. The third-order valence-corrected chi connectivity index (χ3v) is 4.39. The number of benzene rings is 1. The van der Waals surface area contributed by atoms with Crippen LogP contribution in [0.15, 0.2) is 24.3 Å². The second-order valence-corrected chi connectivity index (χ2v) is 7.45. The highest BCUT2D eigenvalue weighted by molar-refractivity contribution is 5.68. The van der Waals surface area contributed by atoms with E-state index in [2.05, 4.69) is 25.1 Å². The summed E-state index contributed by atoms with van der Waals surface area (Å²) in [4.78, 5) is 14.0. The first-order valence-electron chi connectivity index (χ1n) is 8.49. The van der Waals surface area contributed by atoms with Gasteiger partial charge in [0.15, 0.2) is 0 Å². The molecule has 0 bridgehead atoms. The number of carbonyl (C=O) groups excluding carboxylic acids is 1.